The summed E-state index contributed by atoms with van der Waals surface area (Å²) in [5.41, 5.74) is 0.200. The number of hydrogen-bond donors (Lipinski definition) is 1. The van der Waals surface area contributed by atoms with Gasteiger partial charge >= 0.3 is 0 Å². The van der Waals surface area contributed by atoms with Crippen molar-refractivity contribution < 1.29 is 22.9 Å². The fourth-order valence-corrected chi connectivity index (χ4v) is 3.29. The number of nitrogens with zero attached hydrogens (tertiary/aromatic N) is 1. The molecular weight excluding hydrogens is 348 g/mol. The molecule has 0 aliphatic heterocycles. The number of hydrogen-bond acceptors (Lipinski definition) is 6. The van der Waals surface area contributed by atoms with Crippen molar-refractivity contribution in [2.45, 2.75) is 17.1 Å². The molecule has 0 bridgehead atoms. The summed E-state index contributed by atoms with van der Waals surface area (Å²) in [6.45, 7) is 1.26. The molecule has 2 rings (SSSR count). The van der Waals surface area contributed by atoms with Crippen molar-refractivity contribution >= 4 is 27.1 Å². The molecule has 0 saturated heterocycles. The van der Waals surface area contributed by atoms with Gasteiger partial charge in [0.2, 0.25) is 5.91 Å². The lowest BCUT2D eigenvalue weighted by molar-refractivity contribution is -0.384. The summed E-state index contributed by atoms with van der Waals surface area (Å²) in [6, 6.07) is 10.8. The maximum absolute atomic E-state index is 12.5. The van der Waals surface area contributed by atoms with E-state index >= 15 is 0 Å². The van der Waals surface area contributed by atoms with E-state index in [9.17, 15) is 23.3 Å². The Labute approximate surface area is 144 Å². The van der Waals surface area contributed by atoms with E-state index in [4.69, 9.17) is 4.74 Å². The normalized spacial score (nSPS) is 12.2. The first-order chi connectivity index (χ1) is 11.8. The molecule has 0 aliphatic rings. The molecule has 1 atom stereocenters. The van der Waals surface area contributed by atoms with Crippen molar-refractivity contribution in [3.8, 4) is 5.75 Å². The summed E-state index contributed by atoms with van der Waals surface area (Å²) in [5, 5.41) is 11.8. The van der Waals surface area contributed by atoms with Crippen LogP contribution in [-0.4, -0.2) is 31.6 Å². The Morgan fingerprint density at radius 1 is 1.12 bits per heavy atom. The Bertz CT molecular complexity index is 876. The van der Waals surface area contributed by atoms with Crippen molar-refractivity contribution in [1.82, 2.24) is 0 Å². The largest absolute Gasteiger partial charge is 0.497 e. The number of rotatable bonds is 6. The Kier molecular flexibility index (Phi) is 5.38. The number of amides is 1. The predicted octanol–water partition coefficient (Wildman–Crippen LogP) is 2.40. The average molecular weight is 364 g/mol. The van der Waals surface area contributed by atoms with Gasteiger partial charge in [-0.25, -0.2) is 8.42 Å². The molecule has 9 heteroatoms. The number of non-ortho nitro benzene ring substituents is 1. The average Bonchev–Trinajstić information content (AvgIpc) is 2.61. The highest BCUT2D eigenvalue weighted by Gasteiger charge is 2.30. The maximum atomic E-state index is 12.5. The van der Waals surface area contributed by atoms with E-state index in [0.29, 0.717) is 11.4 Å². The third-order valence-corrected chi connectivity index (χ3v) is 5.64. The smallest absolute Gasteiger partial charge is 0.269 e. The Hall–Kier alpha value is -2.94. The number of anilines is 1. The van der Waals surface area contributed by atoms with E-state index in [1.165, 1.54) is 14.0 Å². The lowest BCUT2D eigenvalue weighted by Crippen LogP contribution is -2.32. The first-order valence-electron chi connectivity index (χ1n) is 7.19. The number of nitrogens with one attached hydrogen (secondary N) is 1. The van der Waals surface area contributed by atoms with Crippen LogP contribution in [0.15, 0.2) is 53.4 Å². The molecule has 8 nitrogen and oxygen atoms in total. The van der Waals surface area contributed by atoms with Gasteiger partial charge in [-0.15, -0.1) is 0 Å². The molecule has 0 aromatic heterocycles. The van der Waals surface area contributed by atoms with E-state index in [2.05, 4.69) is 5.32 Å². The number of nitro groups is 1. The molecule has 25 heavy (non-hydrogen) atoms. The van der Waals surface area contributed by atoms with E-state index in [1.54, 1.807) is 24.3 Å². The fourth-order valence-electron chi connectivity index (χ4n) is 2.02. The zero-order valence-corrected chi connectivity index (χ0v) is 14.3. The topological polar surface area (TPSA) is 116 Å². The molecule has 0 unspecified atom stereocenters. The van der Waals surface area contributed by atoms with Crippen molar-refractivity contribution in [2.24, 2.45) is 0 Å². The van der Waals surface area contributed by atoms with E-state index in [0.717, 1.165) is 24.3 Å². The zero-order chi connectivity index (χ0) is 18.6. The van der Waals surface area contributed by atoms with E-state index in [1.807, 2.05) is 0 Å². The predicted molar refractivity (Wildman–Crippen MR) is 91.4 cm³/mol. The van der Waals surface area contributed by atoms with Gasteiger partial charge in [0.1, 0.15) is 11.0 Å². The van der Waals surface area contributed by atoms with Gasteiger partial charge < -0.3 is 10.1 Å². The van der Waals surface area contributed by atoms with Crippen molar-refractivity contribution in [1.29, 1.82) is 0 Å². The second kappa shape index (κ2) is 7.31. The van der Waals surface area contributed by atoms with Crippen LogP contribution in [0.5, 0.6) is 5.75 Å². The molecule has 0 radical (unpaired) electrons. The third kappa shape index (κ3) is 4.13. The molecule has 0 spiro atoms. The molecule has 1 amide bonds. The van der Waals surface area contributed by atoms with E-state index < -0.39 is 25.9 Å². The second-order valence-corrected chi connectivity index (χ2v) is 7.42. The van der Waals surface area contributed by atoms with Gasteiger partial charge in [0.05, 0.1) is 16.9 Å². The minimum absolute atomic E-state index is 0.157. The number of ether oxygens (including phenoxy) is 1. The van der Waals surface area contributed by atoms with Crippen LogP contribution in [0.25, 0.3) is 0 Å². The van der Waals surface area contributed by atoms with Crippen LogP contribution < -0.4 is 10.1 Å². The van der Waals surface area contributed by atoms with E-state index in [-0.39, 0.29) is 10.6 Å². The third-order valence-electron chi connectivity index (χ3n) is 3.57. The molecule has 2 aromatic carbocycles. The van der Waals surface area contributed by atoms with Gasteiger partial charge in [-0.2, -0.15) is 0 Å². The number of benzene rings is 2. The first-order valence-corrected chi connectivity index (χ1v) is 8.73. The van der Waals surface area contributed by atoms with Crippen LogP contribution in [0.1, 0.15) is 6.92 Å². The van der Waals surface area contributed by atoms with Gasteiger partial charge in [0.25, 0.3) is 5.69 Å². The van der Waals surface area contributed by atoms with Gasteiger partial charge in [-0.3, -0.25) is 14.9 Å². The summed E-state index contributed by atoms with van der Waals surface area (Å²) < 4.78 is 30.0. The number of carbonyl (C=O) groups excluding carboxylic acids is 1. The molecule has 0 heterocycles. The lowest BCUT2D eigenvalue weighted by atomic mass is 10.3. The summed E-state index contributed by atoms with van der Waals surface area (Å²) in [4.78, 5) is 22.1. The molecule has 0 saturated carbocycles. The molecule has 0 aliphatic carbocycles. The molecule has 2 aromatic rings. The maximum Gasteiger partial charge on any atom is 0.269 e. The zero-order valence-electron chi connectivity index (χ0n) is 13.5. The fraction of sp³-hybridized carbons (Fsp3) is 0.188. The van der Waals surface area contributed by atoms with Crippen LogP contribution in [-0.2, 0) is 14.6 Å². The monoisotopic (exact) mass is 364 g/mol. The number of carbonyl (C=O) groups is 1. The highest BCUT2D eigenvalue weighted by Crippen LogP contribution is 2.21. The highest BCUT2D eigenvalue weighted by atomic mass is 32.2. The summed E-state index contributed by atoms with van der Waals surface area (Å²) in [7, 11) is -2.47. The summed E-state index contributed by atoms with van der Waals surface area (Å²) >= 11 is 0. The van der Waals surface area contributed by atoms with Gasteiger partial charge in [-0.05, 0) is 43.3 Å². The van der Waals surface area contributed by atoms with Gasteiger partial charge in [0, 0.05) is 17.8 Å². The Balaban J connectivity index is 2.17. The standard InChI is InChI=1S/C16H16N2O6S/c1-11(16(19)17-12-3-7-14(24-2)8-4-12)25(22,23)15-9-5-13(6-10-15)18(20)21/h3-11H,1-2H3,(H,17,19)/t11-/m0/s1. The highest BCUT2D eigenvalue weighted by molar-refractivity contribution is 7.92. The molecule has 0 fully saturated rings. The SMILES string of the molecule is COc1ccc(NC(=O)[C@H](C)S(=O)(=O)c2ccc([N+](=O)[O-])cc2)cc1. The minimum atomic E-state index is -3.97. The summed E-state index contributed by atoms with van der Waals surface area (Å²) in [5.74, 6) is -0.104. The first kappa shape index (κ1) is 18.4. The molecule has 1 N–H and O–H groups in total. The van der Waals surface area contributed by atoms with Crippen LogP contribution in [0.2, 0.25) is 0 Å². The second-order valence-electron chi connectivity index (χ2n) is 5.16. The molecular formula is C16H16N2O6S. The summed E-state index contributed by atoms with van der Waals surface area (Å²) in [6.07, 6.45) is 0. The van der Waals surface area contributed by atoms with Crippen LogP contribution in [0.4, 0.5) is 11.4 Å². The van der Waals surface area contributed by atoms with Crippen LogP contribution >= 0.6 is 0 Å². The van der Waals surface area contributed by atoms with Crippen LogP contribution in [0.3, 0.4) is 0 Å². The minimum Gasteiger partial charge on any atom is -0.497 e. The van der Waals surface area contributed by atoms with Gasteiger partial charge in [-0.1, -0.05) is 0 Å². The van der Waals surface area contributed by atoms with Crippen LogP contribution in [0, 0.1) is 10.1 Å². The van der Waals surface area contributed by atoms with Crippen molar-refractivity contribution in [3.63, 3.8) is 0 Å². The number of sulfone groups is 1. The number of methoxy groups -OCH3 is 1. The quantitative estimate of drug-likeness (QED) is 0.621. The number of nitro benzene ring substituents is 1. The van der Waals surface area contributed by atoms with Crippen molar-refractivity contribution in [2.75, 3.05) is 12.4 Å². The van der Waals surface area contributed by atoms with Gasteiger partial charge in [0.15, 0.2) is 9.84 Å². The lowest BCUT2D eigenvalue weighted by Gasteiger charge is -2.13. The molecule has 132 valence electrons. The Morgan fingerprint density at radius 3 is 2.16 bits per heavy atom. The Morgan fingerprint density at radius 2 is 1.68 bits per heavy atom. The van der Waals surface area contributed by atoms with Crippen molar-refractivity contribution in [3.05, 3.63) is 58.6 Å².